The van der Waals surface area contributed by atoms with E-state index >= 15 is 0 Å². The summed E-state index contributed by atoms with van der Waals surface area (Å²) < 4.78 is 4.59. The van der Waals surface area contributed by atoms with Gasteiger partial charge < -0.3 is 21.3 Å². The lowest BCUT2D eigenvalue weighted by atomic mass is 10.4. The Morgan fingerprint density at radius 3 is 2.07 bits per heavy atom. The van der Waals surface area contributed by atoms with E-state index in [9.17, 15) is 9.59 Å². The van der Waals surface area contributed by atoms with Gasteiger partial charge in [-0.25, -0.2) is 4.79 Å². The van der Waals surface area contributed by atoms with Crippen LogP contribution in [-0.2, 0) is 14.3 Å². The van der Waals surface area contributed by atoms with Gasteiger partial charge in [0.2, 0.25) is 0 Å². The van der Waals surface area contributed by atoms with Gasteiger partial charge in [0.1, 0.15) is 6.61 Å². The number of aliphatic carboxylic acids is 1. The maximum Gasteiger partial charge on any atom is 0.333 e. The monoisotopic (exact) mass is 204 g/mol. The summed E-state index contributed by atoms with van der Waals surface area (Å²) in [5.74, 6) is -1.34. The van der Waals surface area contributed by atoms with Gasteiger partial charge in [0.05, 0.1) is 6.54 Å². The van der Waals surface area contributed by atoms with Crippen molar-refractivity contribution in [3.05, 3.63) is 12.2 Å². The van der Waals surface area contributed by atoms with Crippen molar-refractivity contribution < 1.29 is 19.4 Å². The van der Waals surface area contributed by atoms with Crippen molar-refractivity contribution in [2.24, 2.45) is 11.5 Å². The van der Waals surface area contributed by atoms with E-state index < -0.39 is 5.97 Å². The van der Waals surface area contributed by atoms with Gasteiger partial charge in [-0.1, -0.05) is 6.58 Å². The molecule has 0 aromatic heterocycles. The van der Waals surface area contributed by atoms with E-state index in [0.717, 1.165) is 0 Å². The normalized spacial score (nSPS) is 8.21. The number of hydrogen-bond donors (Lipinski definition) is 3. The summed E-state index contributed by atoms with van der Waals surface area (Å²) in [6.07, 6.45) is 0. The summed E-state index contributed by atoms with van der Waals surface area (Å²) in [5, 5.41) is 7.60. The first kappa shape index (κ1) is 15.1. The summed E-state index contributed by atoms with van der Waals surface area (Å²) in [6.45, 7) is 5.34. The van der Waals surface area contributed by atoms with Crippen molar-refractivity contribution in [2.45, 2.75) is 6.92 Å². The van der Waals surface area contributed by atoms with E-state index in [0.29, 0.717) is 12.1 Å². The molecular weight excluding hydrogens is 188 g/mol. The summed E-state index contributed by atoms with van der Waals surface area (Å²) in [7, 11) is 0. The molecule has 6 heteroatoms. The minimum absolute atomic E-state index is 0.270. The van der Waals surface area contributed by atoms with E-state index in [1.54, 1.807) is 6.92 Å². The molecule has 0 atom stereocenters. The van der Waals surface area contributed by atoms with Gasteiger partial charge in [-0.2, -0.15) is 0 Å². The highest BCUT2D eigenvalue weighted by Crippen LogP contribution is 1.89. The van der Waals surface area contributed by atoms with Crippen molar-refractivity contribution in [1.29, 1.82) is 0 Å². The minimum Gasteiger partial charge on any atom is -0.480 e. The maximum atomic E-state index is 10.5. The number of ether oxygens (including phenoxy) is 1. The molecule has 0 fully saturated rings. The lowest BCUT2D eigenvalue weighted by Gasteiger charge is -1.99. The van der Waals surface area contributed by atoms with Crippen LogP contribution in [0.25, 0.3) is 0 Å². The van der Waals surface area contributed by atoms with Gasteiger partial charge in [-0.05, 0) is 6.92 Å². The third-order valence-electron chi connectivity index (χ3n) is 0.874. The second-order valence-electron chi connectivity index (χ2n) is 2.30. The standard InChI is InChI=1S/C6H11NO2.C2H5NO2/c1-5(2)6(8)9-4-3-7;3-1-2(4)5/h1,3-4,7H2,2H3;1,3H2,(H,4,5). The molecule has 6 nitrogen and oxygen atoms in total. The van der Waals surface area contributed by atoms with Gasteiger partial charge in [-0.15, -0.1) is 0 Å². The Bertz CT molecular complexity index is 204. The van der Waals surface area contributed by atoms with Crippen LogP contribution >= 0.6 is 0 Å². The van der Waals surface area contributed by atoms with Crippen LogP contribution in [-0.4, -0.2) is 36.7 Å². The van der Waals surface area contributed by atoms with Crippen molar-refractivity contribution in [1.82, 2.24) is 0 Å². The number of nitrogens with two attached hydrogens (primary N) is 2. The molecule has 0 saturated heterocycles. The Morgan fingerprint density at radius 1 is 1.43 bits per heavy atom. The zero-order chi connectivity index (χ0) is 11.6. The number of hydrogen-bond acceptors (Lipinski definition) is 5. The summed E-state index contributed by atoms with van der Waals surface area (Å²) in [6, 6.07) is 0. The second-order valence-corrected chi connectivity index (χ2v) is 2.30. The molecule has 0 aliphatic heterocycles. The smallest absolute Gasteiger partial charge is 0.333 e. The molecule has 0 saturated carbocycles. The van der Waals surface area contributed by atoms with Crippen LogP contribution in [0.15, 0.2) is 12.2 Å². The molecule has 82 valence electrons. The van der Waals surface area contributed by atoms with Crippen molar-refractivity contribution in [3.63, 3.8) is 0 Å². The topological polar surface area (TPSA) is 116 Å². The first-order valence-electron chi connectivity index (χ1n) is 3.90. The Labute approximate surface area is 82.5 Å². The molecular formula is C8H16N2O4. The van der Waals surface area contributed by atoms with Crippen LogP contribution in [0.5, 0.6) is 0 Å². The van der Waals surface area contributed by atoms with Crippen LogP contribution in [0.2, 0.25) is 0 Å². The molecule has 0 aromatic rings. The molecule has 0 rings (SSSR count). The zero-order valence-electron chi connectivity index (χ0n) is 8.16. The first-order valence-corrected chi connectivity index (χ1v) is 3.90. The van der Waals surface area contributed by atoms with Crippen molar-refractivity contribution in [2.75, 3.05) is 19.7 Å². The van der Waals surface area contributed by atoms with Crippen LogP contribution in [0, 0.1) is 0 Å². The van der Waals surface area contributed by atoms with Crippen molar-refractivity contribution in [3.8, 4) is 0 Å². The van der Waals surface area contributed by atoms with Crippen LogP contribution in [0.3, 0.4) is 0 Å². The van der Waals surface area contributed by atoms with E-state index in [1.807, 2.05) is 0 Å². The minimum atomic E-state index is -0.968. The number of rotatable bonds is 4. The molecule has 0 spiro atoms. The number of carboxylic acid groups (broad SMARTS) is 1. The van der Waals surface area contributed by atoms with Gasteiger partial charge in [0, 0.05) is 12.1 Å². The molecule has 0 heterocycles. The highest BCUT2D eigenvalue weighted by molar-refractivity contribution is 5.86. The lowest BCUT2D eigenvalue weighted by molar-refractivity contribution is -0.138. The quantitative estimate of drug-likeness (QED) is 0.403. The average Bonchev–Trinajstić information content (AvgIpc) is 2.14. The van der Waals surface area contributed by atoms with Gasteiger partial charge >= 0.3 is 11.9 Å². The molecule has 0 aromatic carbocycles. The van der Waals surface area contributed by atoms with E-state index in [-0.39, 0.29) is 19.1 Å². The van der Waals surface area contributed by atoms with Crippen LogP contribution in [0.4, 0.5) is 0 Å². The molecule has 0 aliphatic carbocycles. The average molecular weight is 204 g/mol. The fraction of sp³-hybridized carbons (Fsp3) is 0.500. The molecule has 14 heavy (non-hydrogen) atoms. The molecule has 0 aliphatic rings. The highest BCUT2D eigenvalue weighted by atomic mass is 16.5. The molecule has 0 amide bonds. The van der Waals surface area contributed by atoms with Gasteiger partial charge in [0.15, 0.2) is 0 Å². The molecule has 0 bridgehead atoms. The Morgan fingerprint density at radius 2 is 1.86 bits per heavy atom. The van der Waals surface area contributed by atoms with Gasteiger partial charge in [-0.3, -0.25) is 4.79 Å². The molecule has 0 unspecified atom stereocenters. The largest absolute Gasteiger partial charge is 0.480 e. The number of carboxylic acids is 1. The van der Waals surface area contributed by atoms with Crippen molar-refractivity contribution >= 4 is 11.9 Å². The second kappa shape index (κ2) is 9.69. The molecule has 0 radical (unpaired) electrons. The SMILES string of the molecule is C=C(C)C(=O)OCCN.NCC(=O)O. The van der Waals surface area contributed by atoms with E-state index in [2.05, 4.69) is 17.0 Å². The van der Waals surface area contributed by atoms with E-state index in [4.69, 9.17) is 10.8 Å². The number of carbonyl (C=O) groups is 2. The summed E-state index contributed by atoms with van der Waals surface area (Å²) >= 11 is 0. The Kier molecular flexibility index (Phi) is 10.4. The lowest BCUT2D eigenvalue weighted by Crippen LogP contribution is -2.13. The third-order valence-corrected chi connectivity index (χ3v) is 0.874. The Hall–Kier alpha value is -1.40. The van der Waals surface area contributed by atoms with Gasteiger partial charge in [0.25, 0.3) is 0 Å². The number of esters is 1. The predicted molar refractivity (Wildman–Crippen MR) is 51.5 cm³/mol. The van der Waals surface area contributed by atoms with Crippen LogP contribution in [0.1, 0.15) is 6.92 Å². The summed E-state index contributed by atoms with van der Waals surface area (Å²) in [5.41, 5.74) is 10.0. The zero-order valence-corrected chi connectivity index (χ0v) is 8.16. The fourth-order valence-corrected chi connectivity index (χ4v) is 0.275. The summed E-state index contributed by atoms with van der Waals surface area (Å²) in [4.78, 5) is 19.8. The first-order chi connectivity index (χ1) is 6.45. The van der Waals surface area contributed by atoms with E-state index in [1.165, 1.54) is 0 Å². The maximum absolute atomic E-state index is 10.5. The number of carbonyl (C=O) groups excluding carboxylic acids is 1. The highest BCUT2D eigenvalue weighted by Gasteiger charge is 1.99. The van der Waals surface area contributed by atoms with Crippen LogP contribution < -0.4 is 11.5 Å². The Balaban J connectivity index is 0. The fourth-order valence-electron chi connectivity index (χ4n) is 0.275. The third kappa shape index (κ3) is 13.2. The predicted octanol–water partition coefficient (Wildman–Crippen LogP) is -0.906. The molecule has 5 N–H and O–H groups in total.